The average Bonchev–Trinajstić information content (AvgIpc) is 2.39. The summed E-state index contributed by atoms with van der Waals surface area (Å²) < 4.78 is 0. The lowest BCUT2D eigenvalue weighted by atomic mass is 10.0. The maximum absolute atomic E-state index is 11.4. The van der Waals surface area contributed by atoms with Crippen LogP contribution in [0.5, 0.6) is 0 Å². The molecule has 20 heavy (non-hydrogen) atoms. The smallest absolute Gasteiger partial charge is 0.411 e. The molecule has 0 saturated heterocycles. The van der Waals surface area contributed by atoms with E-state index in [-0.39, 0.29) is 0 Å². The van der Waals surface area contributed by atoms with Crippen molar-refractivity contribution in [1.82, 2.24) is 5.32 Å². The molecule has 0 atom stereocenters. The molecular weight excluding hydrogens is 252 g/mol. The molecule has 0 aliphatic rings. The van der Waals surface area contributed by atoms with E-state index in [1.165, 1.54) is 10.5 Å². The first-order valence-corrected chi connectivity index (χ1v) is 6.87. The van der Waals surface area contributed by atoms with Crippen molar-refractivity contribution in [3.05, 3.63) is 41.5 Å². The number of nitrogens with one attached hydrogen (secondary N) is 1. The summed E-state index contributed by atoms with van der Waals surface area (Å²) in [6.45, 7) is 11.7. The molecule has 4 heteroatoms. The number of hydrogen-bond donors (Lipinski definition) is 2. The highest BCUT2D eigenvalue weighted by Crippen LogP contribution is 2.22. The minimum Gasteiger partial charge on any atom is -0.465 e. The molecule has 0 bridgehead atoms. The molecule has 110 valence electrons. The lowest BCUT2D eigenvalue weighted by Crippen LogP contribution is -2.32. The lowest BCUT2D eigenvalue weighted by Gasteiger charge is -2.21. The first kappa shape index (κ1) is 16.2. The molecule has 0 heterocycles. The summed E-state index contributed by atoms with van der Waals surface area (Å²) in [7, 11) is 0. The van der Waals surface area contributed by atoms with Gasteiger partial charge in [-0.1, -0.05) is 6.08 Å². The summed E-state index contributed by atoms with van der Waals surface area (Å²) in [6, 6.07) is 3.88. The highest BCUT2D eigenvalue weighted by atomic mass is 16.4. The zero-order chi connectivity index (χ0) is 15.1. The molecule has 0 saturated carbocycles. The van der Waals surface area contributed by atoms with E-state index < -0.39 is 6.09 Å². The third-order valence-corrected chi connectivity index (χ3v) is 3.48. The number of amides is 1. The van der Waals surface area contributed by atoms with Crippen molar-refractivity contribution < 1.29 is 9.90 Å². The molecule has 0 unspecified atom stereocenters. The van der Waals surface area contributed by atoms with Gasteiger partial charge in [-0.3, -0.25) is 4.90 Å². The fraction of sp³-hybridized carbons (Fsp3) is 0.438. The van der Waals surface area contributed by atoms with Gasteiger partial charge in [0, 0.05) is 18.8 Å². The monoisotopic (exact) mass is 276 g/mol. The Labute approximate surface area is 121 Å². The molecule has 0 radical (unpaired) electrons. The maximum Gasteiger partial charge on any atom is 0.411 e. The van der Waals surface area contributed by atoms with Gasteiger partial charge in [-0.25, -0.2) is 4.79 Å². The molecule has 1 aromatic carbocycles. The molecule has 1 aromatic rings. The SMILES string of the molecule is C=CCNCCCN(C(=O)O)c1cc(C)c(C)c(C)c1. The Balaban J connectivity index is 2.76. The number of hydrogen-bond acceptors (Lipinski definition) is 2. The van der Waals surface area contributed by atoms with E-state index in [2.05, 4.69) is 18.8 Å². The molecule has 0 aliphatic heterocycles. The van der Waals surface area contributed by atoms with Crippen molar-refractivity contribution >= 4 is 11.8 Å². The Morgan fingerprint density at radius 3 is 2.45 bits per heavy atom. The van der Waals surface area contributed by atoms with E-state index in [1.807, 2.05) is 26.0 Å². The number of benzene rings is 1. The first-order valence-electron chi connectivity index (χ1n) is 6.87. The van der Waals surface area contributed by atoms with Gasteiger partial charge in [-0.05, 0) is 62.6 Å². The quantitative estimate of drug-likeness (QED) is 0.593. The van der Waals surface area contributed by atoms with Crippen molar-refractivity contribution in [1.29, 1.82) is 0 Å². The van der Waals surface area contributed by atoms with E-state index in [4.69, 9.17) is 0 Å². The molecule has 0 aliphatic carbocycles. The predicted molar refractivity (Wildman–Crippen MR) is 83.7 cm³/mol. The largest absolute Gasteiger partial charge is 0.465 e. The third-order valence-electron chi connectivity index (χ3n) is 3.48. The van der Waals surface area contributed by atoms with Crippen LogP contribution in [0.3, 0.4) is 0 Å². The van der Waals surface area contributed by atoms with Gasteiger partial charge in [0.15, 0.2) is 0 Å². The summed E-state index contributed by atoms with van der Waals surface area (Å²) in [5, 5.41) is 12.5. The van der Waals surface area contributed by atoms with Crippen molar-refractivity contribution in [2.24, 2.45) is 0 Å². The molecule has 0 fully saturated rings. The Bertz CT molecular complexity index is 460. The maximum atomic E-state index is 11.4. The Kier molecular flexibility index (Phi) is 6.25. The number of carboxylic acid groups (broad SMARTS) is 1. The van der Waals surface area contributed by atoms with Crippen LogP contribution in [-0.4, -0.2) is 30.8 Å². The zero-order valence-corrected chi connectivity index (χ0v) is 12.6. The van der Waals surface area contributed by atoms with Crippen LogP contribution in [0.4, 0.5) is 10.5 Å². The van der Waals surface area contributed by atoms with Crippen molar-refractivity contribution in [2.45, 2.75) is 27.2 Å². The van der Waals surface area contributed by atoms with Crippen LogP contribution in [-0.2, 0) is 0 Å². The minimum absolute atomic E-state index is 0.488. The molecule has 4 nitrogen and oxygen atoms in total. The Hall–Kier alpha value is -1.81. The Morgan fingerprint density at radius 1 is 1.35 bits per heavy atom. The summed E-state index contributed by atoms with van der Waals surface area (Å²) in [5.41, 5.74) is 4.21. The number of anilines is 1. The van der Waals surface area contributed by atoms with Gasteiger partial charge in [-0.15, -0.1) is 6.58 Å². The van der Waals surface area contributed by atoms with Gasteiger partial charge < -0.3 is 10.4 Å². The van der Waals surface area contributed by atoms with E-state index in [0.29, 0.717) is 6.54 Å². The predicted octanol–water partition coefficient (Wildman–Crippen LogP) is 3.26. The van der Waals surface area contributed by atoms with Crippen LogP contribution in [0.25, 0.3) is 0 Å². The van der Waals surface area contributed by atoms with Crippen LogP contribution in [0, 0.1) is 20.8 Å². The number of rotatable bonds is 7. The van der Waals surface area contributed by atoms with Crippen LogP contribution < -0.4 is 10.2 Å². The fourth-order valence-corrected chi connectivity index (χ4v) is 2.07. The van der Waals surface area contributed by atoms with Crippen LogP contribution >= 0.6 is 0 Å². The van der Waals surface area contributed by atoms with Crippen LogP contribution in [0.2, 0.25) is 0 Å². The highest BCUT2D eigenvalue weighted by molar-refractivity contribution is 5.86. The summed E-state index contributed by atoms with van der Waals surface area (Å²) in [4.78, 5) is 12.8. The fourth-order valence-electron chi connectivity index (χ4n) is 2.07. The summed E-state index contributed by atoms with van der Waals surface area (Å²) in [6.07, 6.45) is 1.66. The van der Waals surface area contributed by atoms with E-state index >= 15 is 0 Å². The van der Waals surface area contributed by atoms with E-state index in [1.54, 1.807) is 6.08 Å². The van der Waals surface area contributed by atoms with Gasteiger partial charge in [0.1, 0.15) is 0 Å². The van der Waals surface area contributed by atoms with E-state index in [0.717, 1.165) is 36.3 Å². The molecule has 0 aromatic heterocycles. The van der Waals surface area contributed by atoms with Crippen LogP contribution in [0.1, 0.15) is 23.1 Å². The summed E-state index contributed by atoms with van der Waals surface area (Å²) >= 11 is 0. The third kappa shape index (κ3) is 4.38. The second kappa shape index (κ2) is 7.70. The lowest BCUT2D eigenvalue weighted by molar-refractivity contribution is 0.201. The molecule has 1 amide bonds. The Morgan fingerprint density at radius 2 is 1.95 bits per heavy atom. The van der Waals surface area contributed by atoms with Gasteiger partial charge in [0.25, 0.3) is 0 Å². The van der Waals surface area contributed by atoms with Gasteiger partial charge in [0.05, 0.1) is 0 Å². The zero-order valence-electron chi connectivity index (χ0n) is 12.6. The van der Waals surface area contributed by atoms with Crippen molar-refractivity contribution in [2.75, 3.05) is 24.5 Å². The number of nitrogens with zero attached hydrogens (tertiary/aromatic N) is 1. The molecular formula is C16H24N2O2. The van der Waals surface area contributed by atoms with Crippen molar-refractivity contribution in [3.8, 4) is 0 Å². The summed E-state index contributed by atoms with van der Waals surface area (Å²) in [5.74, 6) is 0. The number of carbonyl (C=O) groups is 1. The molecule has 1 rings (SSSR count). The first-order chi connectivity index (χ1) is 9.47. The topological polar surface area (TPSA) is 52.6 Å². The van der Waals surface area contributed by atoms with Crippen molar-refractivity contribution in [3.63, 3.8) is 0 Å². The molecule has 2 N–H and O–H groups in total. The van der Waals surface area contributed by atoms with Crippen LogP contribution in [0.15, 0.2) is 24.8 Å². The average molecular weight is 276 g/mol. The number of aryl methyl sites for hydroxylation is 2. The van der Waals surface area contributed by atoms with Gasteiger partial charge in [-0.2, -0.15) is 0 Å². The standard InChI is InChI=1S/C16H24N2O2/c1-5-7-17-8-6-9-18(16(19)20)15-10-12(2)14(4)13(3)11-15/h5,10-11,17H,1,6-9H2,2-4H3,(H,19,20). The van der Waals surface area contributed by atoms with Gasteiger partial charge >= 0.3 is 6.09 Å². The normalized spacial score (nSPS) is 10.3. The second-order valence-corrected chi connectivity index (χ2v) is 4.99. The van der Waals surface area contributed by atoms with Gasteiger partial charge in [0.2, 0.25) is 0 Å². The minimum atomic E-state index is -0.906. The highest BCUT2D eigenvalue weighted by Gasteiger charge is 2.15. The second-order valence-electron chi connectivity index (χ2n) is 4.99. The van der Waals surface area contributed by atoms with E-state index in [9.17, 15) is 9.90 Å². The molecule has 0 spiro atoms.